The number of nitriles is 1. The Bertz CT molecular complexity index is 1320. The molecule has 1 aliphatic heterocycles. The summed E-state index contributed by atoms with van der Waals surface area (Å²) in [5.41, 5.74) is 5.14. The van der Waals surface area contributed by atoms with Crippen molar-refractivity contribution in [1.29, 1.82) is 5.26 Å². The highest BCUT2D eigenvalue weighted by Crippen LogP contribution is 2.32. The van der Waals surface area contributed by atoms with Gasteiger partial charge in [-0.25, -0.2) is 4.98 Å². The zero-order chi connectivity index (χ0) is 24.3. The number of carbonyl (C=O) groups is 1. The number of rotatable bonds is 5. The monoisotopic (exact) mass is 476 g/mol. The third-order valence-electron chi connectivity index (χ3n) is 6.01. The van der Waals surface area contributed by atoms with E-state index in [9.17, 15) is 14.3 Å². The van der Waals surface area contributed by atoms with Crippen molar-refractivity contribution in [1.82, 2.24) is 9.97 Å². The molecule has 1 aliphatic rings. The summed E-state index contributed by atoms with van der Waals surface area (Å²) in [5.74, 6) is -0.0754. The Balaban J connectivity index is 1.61. The van der Waals surface area contributed by atoms with Crippen molar-refractivity contribution in [3.05, 3.63) is 71.2 Å². The van der Waals surface area contributed by atoms with Crippen LogP contribution in [0.5, 0.6) is 0 Å². The molecule has 7 nitrogen and oxygen atoms in total. The van der Waals surface area contributed by atoms with Crippen molar-refractivity contribution >= 4 is 21.5 Å². The highest BCUT2D eigenvalue weighted by molar-refractivity contribution is 8.01. The van der Waals surface area contributed by atoms with Gasteiger partial charge in [0.05, 0.1) is 11.3 Å². The fourth-order valence-electron chi connectivity index (χ4n) is 4.08. The standard InChI is InChI=1S/C26H28N4O3S/c1-17-4-5-22(30-26(31)19-6-9-28-24(13-19)34(2,3)32)14-23(17)21-12-20(15-27)25(29-16-21)18-7-10-33-11-8-18/h4-6,9,12-14,16,18,34H,7-8,10-11H2,1-3H3,(H,30,31). The number of nitrogens with one attached hydrogen (secondary N) is 1. The molecule has 0 saturated carbocycles. The van der Waals surface area contributed by atoms with E-state index in [0.717, 1.165) is 35.2 Å². The minimum absolute atomic E-state index is 0.232. The summed E-state index contributed by atoms with van der Waals surface area (Å²) in [6.45, 7) is 3.36. The first kappa shape index (κ1) is 23.7. The van der Waals surface area contributed by atoms with Crippen LogP contribution in [0.3, 0.4) is 0 Å². The summed E-state index contributed by atoms with van der Waals surface area (Å²) in [6, 6.07) is 13.0. The van der Waals surface area contributed by atoms with Gasteiger partial charge in [-0.2, -0.15) is 5.26 Å². The van der Waals surface area contributed by atoms with E-state index in [2.05, 4.69) is 21.4 Å². The van der Waals surface area contributed by atoms with E-state index in [1.165, 1.54) is 6.20 Å². The van der Waals surface area contributed by atoms with Gasteiger partial charge in [-0.15, -0.1) is 0 Å². The van der Waals surface area contributed by atoms with Crippen LogP contribution in [0, 0.1) is 18.3 Å². The predicted molar refractivity (Wildman–Crippen MR) is 134 cm³/mol. The zero-order valence-corrected chi connectivity index (χ0v) is 20.4. The van der Waals surface area contributed by atoms with Crippen molar-refractivity contribution in [3.8, 4) is 17.2 Å². The molecule has 1 aromatic carbocycles. The van der Waals surface area contributed by atoms with Gasteiger partial charge in [0, 0.05) is 48.3 Å². The minimum atomic E-state index is -2.58. The van der Waals surface area contributed by atoms with E-state index in [1.54, 1.807) is 30.8 Å². The summed E-state index contributed by atoms with van der Waals surface area (Å²) in [6.07, 6.45) is 8.28. The Hall–Kier alpha value is -3.41. The fourth-order valence-corrected chi connectivity index (χ4v) is 4.87. The van der Waals surface area contributed by atoms with Crippen LogP contribution < -0.4 is 5.32 Å². The molecule has 1 amide bonds. The van der Waals surface area contributed by atoms with Gasteiger partial charge >= 0.3 is 0 Å². The molecule has 1 N–H and O–H groups in total. The molecule has 0 unspecified atom stereocenters. The van der Waals surface area contributed by atoms with E-state index in [-0.39, 0.29) is 11.8 Å². The summed E-state index contributed by atoms with van der Waals surface area (Å²) in [4.78, 5) is 21.7. The lowest BCUT2D eigenvalue weighted by Gasteiger charge is -2.22. The van der Waals surface area contributed by atoms with Gasteiger partial charge in [-0.3, -0.25) is 14.0 Å². The molecular weight excluding hydrogens is 448 g/mol. The smallest absolute Gasteiger partial charge is 0.255 e. The third kappa shape index (κ3) is 5.22. The predicted octanol–water partition coefficient (Wildman–Crippen LogP) is 4.11. The van der Waals surface area contributed by atoms with Gasteiger partial charge < -0.3 is 10.1 Å². The van der Waals surface area contributed by atoms with Crippen LogP contribution in [0.1, 0.15) is 45.9 Å². The molecule has 0 radical (unpaired) electrons. The van der Waals surface area contributed by atoms with E-state index >= 15 is 0 Å². The molecule has 2 aromatic heterocycles. The average molecular weight is 477 g/mol. The van der Waals surface area contributed by atoms with E-state index in [0.29, 0.717) is 35.1 Å². The van der Waals surface area contributed by atoms with Gasteiger partial charge in [0.2, 0.25) is 0 Å². The van der Waals surface area contributed by atoms with Crippen molar-refractivity contribution in [2.24, 2.45) is 0 Å². The van der Waals surface area contributed by atoms with Crippen LogP contribution >= 0.6 is 0 Å². The van der Waals surface area contributed by atoms with E-state index in [4.69, 9.17) is 4.74 Å². The number of carbonyl (C=O) groups excluding carboxylic acids is 1. The molecule has 0 spiro atoms. The molecular formula is C26H28N4O3S. The molecule has 0 bridgehead atoms. The number of pyridine rings is 2. The van der Waals surface area contributed by atoms with Crippen molar-refractivity contribution in [2.75, 3.05) is 31.0 Å². The summed E-state index contributed by atoms with van der Waals surface area (Å²) in [7, 11) is -2.58. The number of aryl methyl sites for hydroxylation is 1. The largest absolute Gasteiger partial charge is 0.381 e. The Morgan fingerprint density at radius 2 is 1.91 bits per heavy atom. The second-order valence-corrected chi connectivity index (χ2v) is 12.1. The van der Waals surface area contributed by atoms with Crippen LogP contribution in [-0.4, -0.2) is 45.8 Å². The molecule has 0 aliphatic carbocycles. The van der Waals surface area contributed by atoms with Crippen molar-refractivity contribution in [2.45, 2.75) is 30.7 Å². The second kappa shape index (κ2) is 9.84. The van der Waals surface area contributed by atoms with Crippen LogP contribution in [0.25, 0.3) is 11.1 Å². The Morgan fingerprint density at radius 1 is 1.15 bits per heavy atom. The highest BCUT2D eigenvalue weighted by Gasteiger charge is 2.21. The number of thiol groups is 1. The van der Waals surface area contributed by atoms with Gasteiger partial charge in [0.15, 0.2) is 0 Å². The maximum absolute atomic E-state index is 12.9. The normalized spacial score (nSPS) is 14.9. The lowest BCUT2D eigenvalue weighted by atomic mass is 9.91. The molecule has 0 atom stereocenters. The van der Waals surface area contributed by atoms with Gasteiger partial charge in [-0.05, 0) is 73.7 Å². The highest BCUT2D eigenvalue weighted by atomic mass is 32.2. The summed E-state index contributed by atoms with van der Waals surface area (Å²) >= 11 is 0. The number of amides is 1. The first-order valence-corrected chi connectivity index (χ1v) is 13.8. The van der Waals surface area contributed by atoms with Crippen LogP contribution in [0.4, 0.5) is 5.69 Å². The summed E-state index contributed by atoms with van der Waals surface area (Å²) in [5, 5.41) is 13.1. The second-order valence-electron chi connectivity index (χ2n) is 8.89. The number of ether oxygens (including phenoxy) is 1. The molecule has 3 aromatic rings. The van der Waals surface area contributed by atoms with Crippen LogP contribution in [0.15, 0.2) is 53.8 Å². The van der Waals surface area contributed by atoms with E-state index in [1.807, 2.05) is 31.2 Å². The molecule has 1 saturated heterocycles. The molecule has 3 heterocycles. The van der Waals surface area contributed by atoms with E-state index < -0.39 is 9.93 Å². The maximum Gasteiger partial charge on any atom is 0.255 e. The Morgan fingerprint density at radius 3 is 2.62 bits per heavy atom. The lowest BCUT2D eigenvalue weighted by molar-refractivity contribution is 0.0844. The maximum atomic E-state index is 12.9. The number of aromatic nitrogens is 2. The van der Waals surface area contributed by atoms with Gasteiger partial charge in [0.25, 0.3) is 5.91 Å². The number of anilines is 1. The molecule has 176 valence electrons. The number of nitrogens with zero attached hydrogens (tertiary/aromatic N) is 3. The number of benzene rings is 1. The SMILES string of the molecule is Cc1ccc(NC(=O)c2ccnc([SH](C)(C)=O)c2)cc1-c1cnc(C2CCOCC2)c(C#N)c1. The zero-order valence-electron chi connectivity index (χ0n) is 19.5. The third-order valence-corrected chi connectivity index (χ3v) is 7.36. The minimum Gasteiger partial charge on any atom is -0.381 e. The van der Waals surface area contributed by atoms with Crippen LogP contribution in [-0.2, 0) is 14.7 Å². The molecule has 34 heavy (non-hydrogen) atoms. The number of hydrogen-bond acceptors (Lipinski definition) is 6. The fraction of sp³-hybridized carbons (Fsp3) is 0.308. The molecule has 4 rings (SSSR count). The van der Waals surface area contributed by atoms with Crippen LogP contribution in [0.2, 0.25) is 0 Å². The Kier molecular flexibility index (Phi) is 6.87. The topological polar surface area (TPSA) is 105 Å². The van der Waals surface area contributed by atoms with Gasteiger partial charge in [-0.1, -0.05) is 16.0 Å². The average Bonchev–Trinajstić information content (AvgIpc) is 2.85. The quantitative estimate of drug-likeness (QED) is 0.537. The first-order valence-electron chi connectivity index (χ1n) is 11.2. The summed E-state index contributed by atoms with van der Waals surface area (Å²) < 4.78 is 17.8. The molecule has 1 fully saturated rings. The lowest BCUT2D eigenvalue weighted by Crippen LogP contribution is -2.16. The van der Waals surface area contributed by atoms with Crippen molar-refractivity contribution in [3.63, 3.8) is 0 Å². The van der Waals surface area contributed by atoms with Gasteiger partial charge in [0.1, 0.15) is 11.1 Å². The van der Waals surface area contributed by atoms with Crippen molar-refractivity contribution < 1.29 is 13.7 Å². The Labute approximate surface area is 200 Å². The molecule has 8 heteroatoms. The first-order chi connectivity index (χ1) is 16.3. The number of hydrogen-bond donors (Lipinski definition) is 2.